The predicted molar refractivity (Wildman–Crippen MR) is 66.1 cm³/mol. The lowest BCUT2D eigenvalue weighted by Crippen LogP contribution is -1.99. The zero-order valence-corrected chi connectivity index (χ0v) is 10.6. The summed E-state index contributed by atoms with van der Waals surface area (Å²) in [6.45, 7) is 0.726. The molecule has 4 heteroatoms. The summed E-state index contributed by atoms with van der Waals surface area (Å²) in [5.74, 6) is 0.923. The van der Waals surface area contributed by atoms with Crippen LogP contribution in [-0.4, -0.2) is 11.7 Å². The van der Waals surface area contributed by atoms with Gasteiger partial charge in [0, 0.05) is 12.0 Å². The summed E-state index contributed by atoms with van der Waals surface area (Å²) in [6.07, 6.45) is 1.79. The van der Waals surface area contributed by atoms with Crippen molar-refractivity contribution in [2.24, 2.45) is 0 Å². The largest absolute Gasteiger partial charge is 0.493 e. The van der Waals surface area contributed by atoms with Gasteiger partial charge in [-0.05, 0) is 45.3 Å². The number of benzene rings is 1. The molecule has 3 nitrogen and oxygen atoms in total. The summed E-state index contributed by atoms with van der Waals surface area (Å²) in [6, 6.07) is 7.55. The fourth-order valence-corrected chi connectivity index (χ4v) is 2.51. The van der Waals surface area contributed by atoms with E-state index in [0.29, 0.717) is 4.67 Å². The van der Waals surface area contributed by atoms with Crippen LogP contribution in [0.5, 0.6) is 5.75 Å². The van der Waals surface area contributed by atoms with Gasteiger partial charge in [0.1, 0.15) is 11.9 Å². The Kier molecular flexibility index (Phi) is 2.68. The normalized spacial score (nSPS) is 15.4. The summed E-state index contributed by atoms with van der Waals surface area (Å²) < 4.78 is 11.1. The molecule has 0 spiro atoms. The van der Waals surface area contributed by atoms with Gasteiger partial charge in [0.2, 0.25) is 0 Å². The minimum atomic E-state index is -0.672. The van der Waals surface area contributed by atoms with Gasteiger partial charge in [-0.1, -0.05) is 6.07 Å². The van der Waals surface area contributed by atoms with Crippen LogP contribution in [0, 0.1) is 0 Å². The van der Waals surface area contributed by atoms with Crippen molar-refractivity contribution in [3.05, 3.63) is 51.9 Å². The van der Waals surface area contributed by atoms with E-state index >= 15 is 0 Å². The molecule has 1 aliphatic rings. The molecule has 0 saturated carbocycles. The maximum absolute atomic E-state index is 10.3. The molecule has 0 amide bonds. The summed E-state index contributed by atoms with van der Waals surface area (Å²) in [5.41, 5.74) is 2.75. The van der Waals surface area contributed by atoms with Crippen LogP contribution in [0.1, 0.15) is 22.8 Å². The van der Waals surface area contributed by atoms with E-state index in [1.165, 1.54) is 0 Å². The van der Waals surface area contributed by atoms with E-state index in [0.717, 1.165) is 35.5 Å². The molecule has 1 atom stereocenters. The average Bonchev–Trinajstić information content (AvgIpc) is 2.95. The van der Waals surface area contributed by atoms with Crippen LogP contribution in [0.15, 0.2) is 39.6 Å². The molecular weight excluding hydrogens is 284 g/mol. The van der Waals surface area contributed by atoms with Gasteiger partial charge in [-0.2, -0.15) is 0 Å². The number of aliphatic hydroxyl groups excluding tert-OH is 1. The molecule has 0 fully saturated rings. The van der Waals surface area contributed by atoms with E-state index in [-0.39, 0.29) is 0 Å². The molecule has 1 unspecified atom stereocenters. The minimum Gasteiger partial charge on any atom is -0.493 e. The van der Waals surface area contributed by atoms with Crippen molar-refractivity contribution < 1.29 is 14.3 Å². The Morgan fingerprint density at radius 3 is 2.94 bits per heavy atom. The zero-order chi connectivity index (χ0) is 11.8. The molecule has 2 heterocycles. The molecule has 1 N–H and O–H groups in total. The SMILES string of the molecule is OC(c1ccc2c(c1)CCO2)c1ccoc1Br. The second kappa shape index (κ2) is 4.20. The summed E-state index contributed by atoms with van der Waals surface area (Å²) in [5, 5.41) is 10.3. The molecule has 0 aliphatic carbocycles. The van der Waals surface area contributed by atoms with Crippen molar-refractivity contribution in [3.8, 4) is 5.75 Å². The van der Waals surface area contributed by atoms with Crippen molar-refractivity contribution in [2.75, 3.05) is 6.61 Å². The molecule has 1 aromatic carbocycles. The van der Waals surface area contributed by atoms with Crippen LogP contribution >= 0.6 is 15.9 Å². The topological polar surface area (TPSA) is 42.6 Å². The third-order valence-corrected chi connectivity index (χ3v) is 3.61. The van der Waals surface area contributed by atoms with Crippen LogP contribution in [0.25, 0.3) is 0 Å². The van der Waals surface area contributed by atoms with Gasteiger partial charge in [0.15, 0.2) is 4.67 Å². The fourth-order valence-electron chi connectivity index (χ4n) is 2.06. The first-order valence-electron chi connectivity index (χ1n) is 5.42. The average molecular weight is 295 g/mol. The Hall–Kier alpha value is -1.26. The first kappa shape index (κ1) is 10.9. The van der Waals surface area contributed by atoms with Gasteiger partial charge >= 0.3 is 0 Å². The first-order chi connectivity index (χ1) is 8.25. The van der Waals surface area contributed by atoms with Crippen LogP contribution in [0.4, 0.5) is 0 Å². The lowest BCUT2D eigenvalue weighted by molar-refractivity contribution is 0.218. The molecule has 1 aromatic heterocycles. The third kappa shape index (κ3) is 1.87. The van der Waals surface area contributed by atoms with Crippen LogP contribution in [0.2, 0.25) is 0 Å². The molecule has 2 aromatic rings. The Bertz CT molecular complexity index is 547. The standard InChI is InChI=1S/C13H11BrO3/c14-13-10(4-6-17-13)12(15)9-1-2-11-8(7-9)3-5-16-11/h1-2,4,6-7,12,15H,3,5H2. The van der Waals surface area contributed by atoms with Crippen LogP contribution in [-0.2, 0) is 6.42 Å². The molecular formula is C13H11BrO3. The highest BCUT2D eigenvalue weighted by atomic mass is 79.9. The third-order valence-electron chi connectivity index (χ3n) is 2.97. The highest BCUT2D eigenvalue weighted by molar-refractivity contribution is 9.10. The van der Waals surface area contributed by atoms with Gasteiger partial charge in [-0.25, -0.2) is 0 Å². The van der Waals surface area contributed by atoms with Crippen molar-refractivity contribution in [3.63, 3.8) is 0 Å². The second-order valence-electron chi connectivity index (χ2n) is 4.02. The number of fused-ring (bicyclic) bond motifs is 1. The highest BCUT2D eigenvalue weighted by Gasteiger charge is 2.19. The lowest BCUT2D eigenvalue weighted by atomic mass is 10.0. The fraction of sp³-hybridized carbons (Fsp3) is 0.231. The second-order valence-corrected chi connectivity index (χ2v) is 4.74. The van der Waals surface area contributed by atoms with E-state index in [1.807, 2.05) is 18.2 Å². The van der Waals surface area contributed by atoms with Crippen molar-refractivity contribution in [1.82, 2.24) is 0 Å². The van der Waals surface area contributed by atoms with Gasteiger partial charge < -0.3 is 14.3 Å². The molecule has 3 rings (SSSR count). The molecule has 17 heavy (non-hydrogen) atoms. The number of hydrogen-bond donors (Lipinski definition) is 1. The molecule has 0 radical (unpaired) electrons. The number of rotatable bonds is 2. The monoisotopic (exact) mass is 294 g/mol. The Morgan fingerprint density at radius 2 is 2.18 bits per heavy atom. The first-order valence-corrected chi connectivity index (χ1v) is 6.21. The van der Waals surface area contributed by atoms with Gasteiger partial charge in [0.05, 0.1) is 12.9 Å². The number of aliphatic hydroxyl groups is 1. The van der Waals surface area contributed by atoms with Crippen molar-refractivity contribution in [1.29, 1.82) is 0 Å². The Morgan fingerprint density at radius 1 is 1.29 bits per heavy atom. The number of halogens is 1. The summed E-state index contributed by atoms with van der Waals surface area (Å²) in [4.78, 5) is 0. The maximum Gasteiger partial charge on any atom is 0.175 e. The minimum absolute atomic E-state index is 0.571. The number of furan rings is 1. The van der Waals surface area contributed by atoms with Crippen molar-refractivity contribution >= 4 is 15.9 Å². The number of hydrogen-bond acceptors (Lipinski definition) is 3. The van der Waals surface area contributed by atoms with Crippen molar-refractivity contribution in [2.45, 2.75) is 12.5 Å². The van der Waals surface area contributed by atoms with E-state index in [4.69, 9.17) is 9.15 Å². The van der Waals surface area contributed by atoms with E-state index < -0.39 is 6.10 Å². The van der Waals surface area contributed by atoms with E-state index in [9.17, 15) is 5.11 Å². The molecule has 0 saturated heterocycles. The van der Waals surface area contributed by atoms with E-state index in [2.05, 4.69) is 15.9 Å². The Balaban J connectivity index is 1.97. The molecule has 1 aliphatic heterocycles. The number of ether oxygens (including phenoxy) is 1. The van der Waals surface area contributed by atoms with Crippen LogP contribution in [0.3, 0.4) is 0 Å². The van der Waals surface area contributed by atoms with Gasteiger partial charge in [-0.3, -0.25) is 0 Å². The van der Waals surface area contributed by atoms with Gasteiger partial charge in [0.25, 0.3) is 0 Å². The smallest absolute Gasteiger partial charge is 0.175 e. The lowest BCUT2D eigenvalue weighted by Gasteiger charge is -2.10. The maximum atomic E-state index is 10.3. The molecule has 88 valence electrons. The highest BCUT2D eigenvalue weighted by Crippen LogP contribution is 2.33. The predicted octanol–water partition coefficient (Wildman–Crippen LogP) is 3.06. The van der Waals surface area contributed by atoms with Gasteiger partial charge in [-0.15, -0.1) is 0 Å². The summed E-state index contributed by atoms with van der Waals surface area (Å²) in [7, 11) is 0. The summed E-state index contributed by atoms with van der Waals surface area (Å²) >= 11 is 3.28. The Labute approximate surface area is 107 Å². The van der Waals surface area contributed by atoms with Crippen LogP contribution < -0.4 is 4.74 Å². The van der Waals surface area contributed by atoms with E-state index in [1.54, 1.807) is 12.3 Å². The quantitative estimate of drug-likeness (QED) is 0.926. The zero-order valence-electron chi connectivity index (χ0n) is 9.02. The molecule has 0 bridgehead atoms.